The van der Waals surface area contributed by atoms with Crippen molar-refractivity contribution in [2.24, 2.45) is 0 Å². The molecule has 0 fully saturated rings. The van der Waals surface area contributed by atoms with E-state index in [1.54, 1.807) is 6.07 Å². The molecule has 3 rings (SSSR count). The predicted octanol–water partition coefficient (Wildman–Crippen LogP) is 7.90. The van der Waals surface area contributed by atoms with Crippen molar-refractivity contribution in [3.8, 4) is 11.1 Å². The van der Waals surface area contributed by atoms with Crippen LogP contribution in [-0.4, -0.2) is 12.8 Å². The van der Waals surface area contributed by atoms with Gasteiger partial charge in [-0.3, -0.25) is 0 Å². The van der Waals surface area contributed by atoms with Gasteiger partial charge in [0.2, 0.25) is 0 Å². The van der Waals surface area contributed by atoms with Gasteiger partial charge in [0.05, 0.1) is 6.61 Å². The van der Waals surface area contributed by atoms with E-state index in [4.69, 9.17) is 0 Å². The number of halogens is 6. The van der Waals surface area contributed by atoms with Gasteiger partial charge in [0.15, 0.2) is 11.7 Å². The van der Waals surface area contributed by atoms with Gasteiger partial charge in [-0.25, -0.2) is 13.2 Å². The third-order valence-electron chi connectivity index (χ3n) is 4.83. The molecule has 168 valence electrons. The topological polar surface area (TPSA) is 9.23 Å². The van der Waals surface area contributed by atoms with E-state index in [9.17, 15) is 26.3 Å². The van der Waals surface area contributed by atoms with Crippen molar-refractivity contribution in [1.29, 1.82) is 0 Å². The van der Waals surface area contributed by atoms with Crippen molar-refractivity contribution in [3.63, 3.8) is 0 Å². The van der Waals surface area contributed by atoms with Gasteiger partial charge in [0.1, 0.15) is 12.4 Å². The zero-order valence-electron chi connectivity index (χ0n) is 17.1. The molecule has 0 saturated carbocycles. The second-order valence-corrected chi connectivity index (χ2v) is 7.18. The number of aryl methyl sites for hydroxylation is 1. The van der Waals surface area contributed by atoms with Crippen molar-refractivity contribution >= 4 is 11.7 Å². The number of alkyl halides is 3. The highest BCUT2D eigenvalue weighted by atomic mass is 19.4. The lowest BCUT2D eigenvalue weighted by Crippen LogP contribution is -2.16. The molecule has 0 N–H and O–H groups in total. The minimum Gasteiger partial charge on any atom is -0.367 e. The Morgan fingerprint density at radius 1 is 0.781 bits per heavy atom. The molecule has 0 radical (unpaired) electrons. The lowest BCUT2D eigenvalue weighted by Gasteiger charge is -2.09. The fraction of sp³-hybridized carbons (Fsp3) is 0.200. The van der Waals surface area contributed by atoms with Crippen molar-refractivity contribution in [1.82, 2.24) is 0 Å². The van der Waals surface area contributed by atoms with Crippen LogP contribution in [0.1, 0.15) is 29.2 Å². The van der Waals surface area contributed by atoms with Gasteiger partial charge in [-0.2, -0.15) is 13.2 Å². The maximum atomic E-state index is 14.6. The first kappa shape index (κ1) is 23.6. The van der Waals surface area contributed by atoms with E-state index in [2.05, 4.69) is 4.74 Å². The molecular weight excluding hydrogens is 430 g/mol. The summed E-state index contributed by atoms with van der Waals surface area (Å²) < 4.78 is 84.4. The standard InChI is InChI=1S/C25H20F6O/c1-2-16-5-12-21(22(26)13-16)18-8-10-20(11-9-18)24(28)23(27)19-6-3-17(4-7-19)14-32-15-25(29,30)31/h3-13H,2,14-15H2,1H3/b24-23-. The summed E-state index contributed by atoms with van der Waals surface area (Å²) in [5, 5.41) is 0. The Bertz CT molecular complexity index is 1080. The summed E-state index contributed by atoms with van der Waals surface area (Å²) in [7, 11) is 0. The Labute approximate surface area is 182 Å². The number of hydrogen-bond acceptors (Lipinski definition) is 1. The summed E-state index contributed by atoms with van der Waals surface area (Å²) in [6.07, 6.45) is -3.73. The van der Waals surface area contributed by atoms with E-state index in [1.165, 1.54) is 54.6 Å². The zero-order valence-corrected chi connectivity index (χ0v) is 17.1. The molecule has 0 unspecified atom stereocenters. The van der Waals surface area contributed by atoms with Gasteiger partial charge >= 0.3 is 6.18 Å². The first-order chi connectivity index (χ1) is 15.2. The van der Waals surface area contributed by atoms with Crippen molar-refractivity contribution in [3.05, 3.63) is 94.8 Å². The second-order valence-electron chi connectivity index (χ2n) is 7.18. The summed E-state index contributed by atoms with van der Waals surface area (Å²) in [6.45, 7) is 0.229. The molecule has 0 heterocycles. The van der Waals surface area contributed by atoms with Gasteiger partial charge < -0.3 is 4.74 Å². The first-order valence-corrected chi connectivity index (χ1v) is 9.86. The zero-order chi connectivity index (χ0) is 23.3. The quantitative estimate of drug-likeness (QED) is 0.263. The number of ether oxygens (including phenoxy) is 1. The highest BCUT2D eigenvalue weighted by Gasteiger charge is 2.27. The van der Waals surface area contributed by atoms with Crippen LogP contribution in [-0.2, 0) is 17.8 Å². The van der Waals surface area contributed by atoms with E-state index >= 15 is 0 Å². The molecule has 1 nitrogen and oxygen atoms in total. The fourth-order valence-electron chi connectivity index (χ4n) is 3.09. The Kier molecular flexibility index (Phi) is 7.40. The van der Waals surface area contributed by atoms with E-state index in [-0.39, 0.29) is 17.7 Å². The maximum absolute atomic E-state index is 14.6. The molecule has 7 heteroatoms. The molecule has 0 atom stereocenters. The monoisotopic (exact) mass is 450 g/mol. The van der Waals surface area contributed by atoms with Crippen LogP contribution >= 0.6 is 0 Å². The number of rotatable bonds is 7. The largest absolute Gasteiger partial charge is 0.411 e. The minimum atomic E-state index is -4.43. The summed E-state index contributed by atoms with van der Waals surface area (Å²) in [4.78, 5) is 0. The molecule has 0 amide bonds. The molecule has 32 heavy (non-hydrogen) atoms. The first-order valence-electron chi connectivity index (χ1n) is 9.86. The van der Waals surface area contributed by atoms with E-state index in [1.807, 2.05) is 13.0 Å². The van der Waals surface area contributed by atoms with Gasteiger partial charge in [-0.15, -0.1) is 0 Å². The second kappa shape index (κ2) is 10.0. The lowest BCUT2D eigenvalue weighted by atomic mass is 10.0. The van der Waals surface area contributed by atoms with Crippen LogP contribution < -0.4 is 0 Å². The Morgan fingerprint density at radius 3 is 1.81 bits per heavy atom. The van der Waals surface area contributed by atoms with E-state index in [0.29, 0.717) is 23.1 Å². The predicted molar refractivity (Wildman–Crippen MR) is 112 cm³/mol. The fourth-order valence-corrected chi connectivity index (χ4v) is 3.09. The third kappa shape index (κ3) is 6.01. The van der Waals surface area contributed by atoms with Crippen LogP contribution in [0.4, 0.5) is 26.3 Å². The molecule has 3 aromatic carbocycles. The van der Waals surface area contributed by atoms with Crippen LogP contribution in [0, 0.1) is 5.82 Å². The molecule has 0 spiro atoms. The van der Waals surface area contributed by atoms with Crippen molar-refractivity contribution < 1.29 is 31.1 Å². The van der Waals surface area contributed by atoms with Crippen LogP contribution in [0.25, 0.3) is 22.8 Å². The SMILES string of the molecule is CCc1ccc(-c2ccc(/C(F)=C(/F)c3ccc(COCC(F)(F)F)cc3)cc2)c(F)c1. The Hall–Kier alpha value is -3.06. The van der Waals surface area contributed by atoms with E-state index < -0.39 is 30.3 Å². The number of benzene rings is 3. The van der Waals surface area contributed by atoms with Crippen LogP contribution in [0.15, 0.2) is 66.7 Å². The highest BCUT2D eigenvalue weighted by molar-refractivity contribution is 5.83. The van der Waals surface area contributed by atoms with Crippen LogP contribution in [0.5, 0.6) is 0 Å². The van der Waals surface area contributed by atoms with Crippen LogP contribution in [0.3, 0.4) is 0 Å². The maximum Gasteiger partial charge on any atom is 0.411 e. The minimum absolute atomic E-state index is 0.0191. The Morgan fingerprint density at radius 2 is 1.31 bits per heavy atom. The van der Waals surface area contributed by atoms with Gasteiger partial charge in [-0.05, 0) is 29.2 Å². The molecule has 0 aromatic heterocycles. The lowest BCUT2D eigenvalue weighted by molar-refractivity contribution is -0.176. The van der Waals surface area contributed by atoms with Gasteiger partial charge in [-0.1, -0.05) is 67.6 Å². The van der Waals surface area contributed by atoms with Crippen molar-refractivity contribution in [2.75, 3.05) is 6.61 Å². The molecule has 0 saturated heterocycles. The summed E-state index contributed by atoms with van der Waals surface area (Å²) in [5.41, 5.74) is 2.07. The van der Waals surface area contributed by atoms with Crippen molar-refractivity contribution in [2.45, 2.75) is 26.1 Å². The highest BCUT2D eigenvalue weighted by Crippen LogP contribution is 2.31. The molecule has 3 aromatic rings. The summed E-state index contributed by atoms with van der Waals surface area (Å²) in [5.74, 6) is -2.60. The molecule has 0 aliphatic carbocycles. The molecule has 0 aliphatic rings. The van der Waals surface area contributed by atoms with E-state index in [0.717, 1.165) is 5.56 Å². The Balaban J connectivity index is 1.74. The van der Waals surface area contributed by atoms with Gasteiger partial charge in [0, 0.05) is 16.7 Å². The summed E-state index contributed by atoms with van der Waals surface area (Å²) >= 11 is 0. The molecule has 0 aliphatic heterocycles. The average Bonchev–Trinajstić information content (AvgIpc) is 2.78. The third-order valence-corrected chi connectivity index (χ3v) is 4.83. The van der Waals surface area contributed by atoms with Crippen LogP contribution in [0.2, 0.25) is 0 Å². The molecular formula is C25H20F6O. The smallest absolute Gasteiger partial charge is 0.367 e. The normalized spacial score (nSPS) is 12.6. The number of hydrogen-bond donors (Lipinski definition) is 0. The summed E-state index contributed by atoms with van der Waals surface area (Å²) in [6, 6.07) is 15.9. The molecule has 0 bridgehead atoms. The average molecular weight is 450 g/mol. The van der Waals surface area contributed by atoms with Gasteiger partial charge in [0.25, 0.3) is 0 Å².